The molecule has 22 heavy (non-hydrogen) atoms. The zero-order valence-electron chi connectivity index (χ0n) is 13.4. The quantitative estimate of drug-likeness (QED) is 0.715. The molecule has 0 atom stereocenters. The van der Waals surface area contributed by atoms with Gasteiger partial charge in [-0.25, -0.2) is 4.79 Å². The largest absolute Gasteiger partial charge is 0.444 e. The third kappa shape index (κ3) is 4.61. The van der Waals surface area contributed by atoms with Gasteiger partial charge in [-0.3, -0.25) is 0 Å². The van der Waals surface area contributed by atoms with Gasteiger partial charge in [0.05, 0.1) is 11.9 Å². The Morgan fingerprint density at radius 3 is 2.41 bits per heavy atom. The molecule has 1 fully saturated rings. The van der Waals surface area contributed by atoms with Gasteiger partial charge >= 0.3 is 16.2 Å². The topological polar surface area (TPSA) is 82.1 Å². The van der Waals surface area contributed by atoms with Gasteiger partial charge in [0.2, 0.25) is 0 Å². The zero-order chi connectivity index (χ0) is 16.6. The maximum Gasteiger partial charge on any atom is 0.410 e. The molecule has 0 aromatic heterocycles. The van der Waals surface area contributed by atoms with Crippen LogP contribution in [-0.2, 0) is 23.8 Å². The number of amides is 1. The van der Waals surface area contributed by atoms with Crippen molar-refractivity contribution < 1.29 is 26.9 Å². The van der Waals surface area contributed by atoms with Gasteiger partial charge in [0.1, 0.15) is 18.0 Å². The summed E-state index contributed by atoms with van der Waals surface area (Å²) in [6, 6.07) is 0. The van der Waals surface area contributed by atoms with Crippen LogP contribution in [0.1, 0.15) is 33.6 Å². The van der Waals surface area contributed by atoms with Crippen LogP contribution in [0.15, 0.2) is 11.8 Å². The van der Waals surface area contributed by atoms with E-state index in [9.17, 15) is 13.2 Å². The standard InChI is InChI=1S/C14H23NO6S/c1-13(2,3)20-12(16)15-7-5-14(6-8-15)9-11(10-19-14)21-22(4,17)18/h9H,5-8,10H2,1-4H3. The molecule has 2 aliphatic heterocycles. The first kappa shape index (κ1) is 17.1. The highest BCUT2D eigenvalue weighted by atomic mass is 32.2. The first-order chi connectivity index (χ1) is 9.98. The predicted octanol–water partition coefficient (Wildman–Crippen LogP) is 1.65. The summed E-state index contributed by atoms with van der Waals surface area (Å²) < 4.78 is 38.2. The van der Waals surface area contributed by atoms with Crippen molar-refractivity contribution in [2.24, 2.45) is 0 Å². The molecular formula is C14H23NO6S. The Labute approximate surface area is 131 Å². The second-order valence-electron chi connectivity index (χ2n) is 6.72. The van der Waals surface area contributed by atoms with E-state index in [4.69, 9.17) is 13.7 Å². The van der Waals surface area contributed by atoms with Crippen molar-refractivity contribution in [2.45, 2.75) is 44.8 Å². The maximum atomic E-state index is 12.0. The van der Waals surface area contributed by atoms with Gasteiger partial charge in [0, 0.05) is 13.1 Å². The minimum atomic E-state index is -3.54. The molecule has 0 aromatic carbocycles. The molecule has 2 rings (SSSR count). The summed E-state index contributed by atoms with van der Waals surface area (Å²) in [7, 11) is -3.54. The van der Waals surface area contributed by atoms with Crippen LogP contribution in [0.5, 0.6) is 0 Å². The molecule has 1 spiro atoms. The highest BCUT2D eigenvalue weighted by Gasteiger charge is 2.40. The molecule has 7 nitrogen and oxygen atoms in total. The predicted molar refractivity (Wildman–Crippen MR) is 79.7 cm³/mol. The molecule has 0 saturated carbocycles. The fourth-order valence-electron chi connectivity index (χ4n) is 2.52. The number of nitrogens with zero attached hydrogens (tertiary/aromatic N) is 1. The summed E-state index contributed by atoms with van der Waals surface area (Å²) in [5.41, 5.74) is -1.06. The van der Waals surface area contributed by atoms with Crippen molar-refractivity contribution in [2.75, 3.05) is 26.0 Å². The lowest BCUT2D eigenvalue weighted by Crippen LogP contribution is -2.47. The van der Waals surface area contributed by atoms with Gasteiger partial charge in [-0.2, -0.15) is 8.42 Å². The highest BCUT2D eigenvalue weighted by Crippen LogP contribution is 2.35. The summed E-state index contributed by atoms with van der Waals surface area (Å²) in [6.07, 6.45) is 3.56. The van der Waals surface area contributed by atoms with Crippen molar-refractivity contribution in [1.29, 1.82) is 0 Å². The molecule has 0 radical (unpaired) electrons. The van der Waals surface area contributed by atoms with Crippen LogP contribution < -0.4 is 0 Å². The Kier molecular flexibility index (Phi) is 4.45. The molecule has 1 saturated heterocycles. The summed E-state index contributed by atoms with van der Waals surface area (Å²) >= 11 is 0. The normalized spacial score (nSPS) is 21.6. The minimum absolute atomic E-state index is 0.138. The molecule has 8 heteroatoms. The Morgan fingerprint density at radius 2 is 1.91 bits per heavy atom. The van der Waals surface area contributed by atoms with Gasteiger partial charge in [-0.15, -0.1) is 0 Å². The lowest BCUT2D eigenvalue weighted by atomic mass is 9.92. The van der Waals surface area contributed by atoms with Gasteiger partial charge in [-0.1, -0.05) is 0 Å². The van der Waals surface area contributed by atoms with E-state index in [1.807, 2.05) is 20.8 Å². The first-order valence-electron chi connectivity index (χ1n) is 7.21. The third-order valence-electron chi connectivity index (χ3n) is 3.45. The van der Waals surface area contributed by atoms with E-state index in [0.29, 0.717) is 31.7 Å². The second-order valence-corrected chi connectivity index (χ2v) is 8.29. The number of rotatable bonds is 2. The lowest BCUT2D eigenvalue weighted by molar-refractivity contribution is -0.0349. The zero-order valence-corrected chi connectivity index (χ0v) is 14.2. The van der Waals surface area contributed by atoms with Crippen LogP contribution >= 0.6 is 0 Å². The minimum Gasteiger partial charge on any atom is -0.444 e. The van der Waals surface area contributed by atoms with Crippen LogP contribution in [0.3, 0.4) is 0 Å². The van der Waals surface area contributed by atoms with Crippen LogP contribution in [0.4, 0.5) is 4.79 Å². The molecule has 126 valence electrons. The van der Waals surface area contributed by atoms with E-state index < -0.39 is 21.3 Å². The fourth-order valence-corrected chi connectivity index (χ4v) is 3.00. The molecule has 0 bridgehead atoms. The van der Waals surface area contributed by atoms with E-state index >= 15 is 0 Å². The molecule has 0 N–H and O–H groups in total. The Bertz CT molecular complexity index is 567. The van der Waals surface area contributed by atoms with Crippen molar-refractivity contribution in [3.8, 4) is 0 Å². The smallest absolute Gasteiger partial charge is 0.410 e. The number of likely N-dealkylation sites (tertiary alicyclic amines) is 1. The third-order valence-corrected chi connectivity index (χ3v) is 3.96. The van der Waals surface area contributed by atoms with Crippen molar-refractivity contribution in [3.63, 3.8) is 0 Å². The van der Waals surface area contributed by atoms with Gasteiger partial charge in [0.25, 0.3) is 0 Å². The highest BCUT2D eigenvalue weighted by molar-refractivity contribution is 7.86. The summed E-state index contributed by atoms with van der Waals surface area (Å²) in [6.45, 7) is 6.62. The van der Waals surface area contributed by atoms with E-state index in [-0.39, 0.29) is 12.7 Å². The lowest BCUT2D eigenvalue weighted by Gasteiger charge is -2.37. The van der Waals surface area contributed by atoms with Gasteiger partial charge in [0.15, 0.2) is 0 Å². The molecule has 0 aliphatic carbocycles. The van der Waals surface area contributed by atoms with Crippen LogP contribution in [0, 0.1) is 0 Å². The van der Waals surface area contributed by atoms with E-state index in [2.05, 4.69) is 0 Å². The molecule has 2 heterocycles. The summed E-state index contributed by atoms with van der Waals surface area (Å²) in [5, 5.41) is 0. The number of hydrogen-bond donors (Lipinski definition) is 0. The molecule has 0 aromatic rings. The number of carbonyl (C=O) groups is 1. The monoisotopic (exact) mass is 333 g/mol. The van der Waals surface area contributed by atoms with E-state index in [0.717, 1.165) is 6.26 Å². The SMILES string of the molecule is CC(C)(C)OC(=O)N1CCC2(C=C(OS(C)(=O)=O)CO2)CC1. The van der Waals surface area contributed by atoms with Crippen LogP contribution in [0.2, 0.25) is 0 Å². The van der Waals surface area contributed by atoms with E-state index in [1.165, 1.54) is 0 Å². The van der Waals surface area contributed by atoms with Gasteiger partial charge < -0.3 is 18.6 Å². The molecule has 2 aliphatic rings. The van der Waals surface area contributed by atoms with Crippen molar-refractivity contribution >= 4 is 16.2 Å². The molecule has 0 unspecified atom stereocenters. The Balaban J connectivity index is 1.94. The Hall–Kier alpha value is -1.28. The van der Waals surface area contributed by atoms with Crippen molar-refractivity contribution in [1.82, 2.24) is 4.90 Å². The van der Waals surface area contributed by atoms with E-state index in [1.54, 1.807) is 11.0 Å². The maximum absolute atomic E-state index is 12.0. The number of carbonyl (C=O) groups excluding carboxylic acids is 1. The average Bonchev–Trinajstić information content (AvgIpc) is 2.68. The number of piperidine rings is 1. The number of hydrogen-bond acceptors (Lipinski definition) is 6. The summed E-state index contributed by atoms with van der Waals surface area (Å²) in [5.74, 6) is 0.313. The number of ether oxygens (including phenoxy) is 2. The van der Waals surface area contributed by atoms with Crippen molar-refractivity contribution in [3.05, 3.63) is 11.8 Å². The second kappa shape index (κ2) is 5.73. The summed E-state index contributed by atoms with van der Waals surface area (Å²) in [4.78, 5) is 13.7. The fraction of sp³-hybridized carbons (Fsp3) is 0.786. The molecular weight excluding hydrogens is 310 g/mol. The Morgan fingerprint density at radius 1 is 1.32 bits per heavy atom. The average molecular weight is 333 g/mol. The van der Waals surface area contributed by atoms with Crippen LogP contribution in [0.25, 0.3) is 0 Å². The molecule has 1 amide bonds. The first-order valence-corrected chi connectivity index (χ1v) is 9.03. The van der Waals surface area contributed by atoms with Crippen LogP contribution in [-0.4, -0.2) is 56.6 Å². The van der Waals surface area contributed by atoms with Gasteiger partial charge in [-0.05, 0) is 39.7 Å².